The van der Waals surface area contributed by atoms with Crippen LogP contribution < -0.4 is 4.90 Å². The average Bonchev–Trinajstić information content (AvgIpc) is 2.92. The summed E-state index contributed by atoms with van der Waals surface area (Å²) in [4.78, 5) is 1.93. The molecule has 1 saturated heterocycles. The van der Waals surface area contributed by atoms with Gasteiger partial charge in [0.25, 0.3) is 0 Å². The Morgan fingerprint density at radius 2 is 1.50 bits per heavy atom. The maximum absolute atomic E-state index is 6.25. The fraction of sp³-hybridized carbons (Fsp3) is 0.944. The third-order valence-corrected chi connectivity index (χ3v) is 4.62. The molecule has 1 rings (SSSR count). The summed E-state index contributed by atoms with van der Waals surface area (Å²) in [6.07, 6.45) is 17.5. The Hall–Kier alpha value is -0.550. The molecule has 1 fully saturated rings. The van der Waals surface area contributed by atoms with E-state index in [1.54, 1.807) is 0 Å². The summed E-state index contributed by atoms with van der Waals surface area (Å²) in [7, 11) is 0. The summed E-state index contributed by atoms with van der Waals surface area (Å²) >= 11 is 0. The number of rotatable bonds is 11. The van der Waals surface area contributed by atoms with Gasteiger partial charge in [0.05, 0.1) is 19.1 Å². The van der Waals surface area contributed by atoms with Crippen molar-refractivity contribution in [3.8, 4) is 0 Å². The smallest absolute Gasteiger partial charge is 0.0876 e. The van der Waals surface area contributed by atoms with E-state index in [1.165, 1.54) is 90.1 Å². The molecule has 1 aliphatic heterocycles. The molecule has 0 aromatic carbocycles. The quantitative estimate of drug-likeness (QED) is 0.448. The van der Waals surface area contributed by atoms with Crippen molar-refractivity contribution in [3.05, 3.63) is 6.57 Å². The molecule has 118 valence electrons. The third kappa shape index (κ3) is 9.37. The van der Waals surface area contributed by atoms with Crippen molar-refractivity contribution in [2.75, 3.05) is 13.1 Å². The Balaban J connectivity index is 0.00000172. The predicted octanol–water partition coefficient (Wildman–Crippen LogP) is 4.07. The lowest BCUT2D eigenvalue weighted by molar-refractivity contribution is -0.912. The molecule has 0 aromatic heterocycles. The Bertz CT molecular complexity index is 213. The zero-order valence-electron chi connectivity index (χ0n) is 13.9. The molecular weight excluding hydrogens is 244 g/mol. The maximum Gasteiger partial charge on any atom is 0.0876 e. The molecule has 0 saturated carbocycles. The van der Waals surface area contributed by atoms with E-state index >= 15 is 0 Å². The number of unbranched alkanes of at least 4 members (excludes halogenated alkanes) is 7. The van der Waals surface area contributed by atoms with Crippen LogP contribution in [0.25, 0.3) is 0 Å². The van der Waals surface area contributed by atoms with Crippen LogP contribution in [-0.4, -0.2) is 19.1 Å². The standard InChI is InChI=1S/C17H35N.CN/c1-3-5-6-7-8-9-10-11-15-18-16-12-14-17(18)13-4-2;1-2/h17H,3-16H2,1-2H3;/q;-1/p+1. The minimum Gasteiger partial charge on any atom is -0.512 e. The van der Waals surface area contributed by atoms with Gasteiger partial charge >= 0.3 is 0 Å². The zero-order valence-corrected chi connectivity index (χ0v) is 13.9. The van der Waals surface area contributed by atoms with Gasteiger partial charge in [-0.15, -0.1) is 0 Å². The van der Waals surface area contributed by atoms with Crippen molar-refractivity contribution < 1.29 is 4.90 Å². The highest BCUT2D eigenvalue weighted by atomic mass is 15.2. The summed E-state index contributed by atoms with van der Waals surface area (Å²) in [5.74, 6) is 0. The Morgan fingerprint density at radius 3 is 2.10 bits per heavy atom. The summed E-state index contributed by atoms with van der Waals surface area (Å²) in [6.45, 7) is 12.3. The second kappa shape index (κ2) is 14.9. The second-order valence-corrected chi connectivity index (χ2v) is 6.26. The highest BCUT2D eigenvalue weighted by Crippen LogP contribution is 2.09. The summed E-state index contributed by atoms with van der Waals surface area (Å²) < 4.78 is 0. The monoisotopic (exact) mass is 280 g/mol. The summed E-state index contributed by atoms with van der Waals surface area (Å²) in [6, 6.07) is 1.01. The number of nitrogens with one attached hydrogen (secondary N) is 1. The van der Waals surface area contributed by atoms with Crippen LogP contribution in [0, 0.1) is 11.8 Å². The minimum atomic E-state index is 1.01. The van der Waals surface area contributed by atoms with Crippen molar-refractivity contribution >= 4 is 0 Å². The van der Waals surface area contributed by atoms with Crippen LogP contribution in [0.15, 0.2) is 0 Å². The van der Waals surface area contributed by atoms with Gasteiger partial charge < -0.3 is 16.7 Å². The maximum atomic E-state index is 6.25. The third-order valence-electron chi connectivity index (χ3n) is 4.62. The lowest BCUT2D eigenvalue weighted by Crippen LogP contribution is -3.13. The molecule has 2 atom stereocenters. The van der Waals surface area contributed by atoms with Gasteiger partial charge in [-0.05, 0) is 19.3 Å². The number of nitrogens with zero attached hydrogens (tertiary/aromatic N) is 1. The van der Waals surface area contributed by atoms with Gasteiger partial charge in [-0.1, -0.05) is 58.8 Å². The van der Waals surface area contributed by atoms with Crippen molar-refractivity contribution in [3.63, 3.8) is 0 Å². The van der Waals surface area contributed by atoms with Crippen LogP contribution in [0.2, 0.25) is 0 Å². The summed E-state index contributed by atoms with van der Waals surface area (Å²) in [5.41, 5.74) is 0. The van der Waals surface area contributed by atoms with Crippen LogP contribution >= 0.6 is 0 Å². The molecule has 0 aromatic rings. The molecule has 0 amide bonds. The molecule has 0 spiro atoms. The predicted molar refractivity (Wildman–Crippen MR) is 86.2 cm³/mol. The molecule has 2 nitrogen and oxygen atoms in total. The minimum absolute atomic E-state index is 1.01. The highest BCUT2D eigenvalue weighted by molar-refractivity contribution is 4.61. The van der Waals surface area contributed by atoms with Crippen LogP contribution in [0.5, 0.6) is 0 Å². The van der Waals surface area contributed by atoms with E-state index in [9.17, 15) is 0 Å². The lowest BCUT2D eigenvalue weighted by Gasteiger charge is -2.21. The van der Waals surface area contributed by atoms with Crippen molar-refractivity contribution in [1.82, 2.24) is 0 Å². The van der Waals surface area contributed by atoms with E-state index < -0.39 is 0 Å². The molecule has 0 bridgehead atoms. The average molecular weight is 280 g/mol. The van der Waals surface area contributed by atoms with Crippen LogP contribution in [0.4, 0.5) is 0 Å². The van der Waals surface area contributed by atoms with E-state index in [0.717, 1.165) is 6.04 Å². The van der Waals surface area contributed by atoms with Gasteiger partial charge in [-0.3, -0.25) is 0 Å². The molecule has 1 N–H and O–H groups in total. The highest BCUT2D eigenvalue weighted by Gasteiger charge is 2.26. The molecule has 0 aliphatic carbocycles. The first-order chi connectivity index (χ1) is 9.88. The number of hydrogen-bond donors (Lipinski definition) is 1. The number of likely N-dealkylation sites (tertiary alicyclic amines) is 1. The van der Waals surface area contributed by atoms with Crippen molar-refractivity contribution in [2.24, 2.45) is 0 Å². The molecule has 20 heavy (non-hydrogen) atoms. The van der Waals surface area contributed by atoms with E-state index in [2.05, 4.69) is 13.8 Å². The fourth-order valence-electron chi connectivity index (χ4n) is 3.50. The Kier molecular flexibility index (Phi) is 14.4. The van der Waals surface area contributed by atoms with Crippen molar-refractivity contribution in [2.45, 2.75) is 96.9 Å². The van der Waals surface area contributed by atoms with E-state index in [0.29, 0.717) is 0 Å². The van der Waals surface area contributed by atoms with E-state index in [-0.39, 0.29) is 0 Å². The van der Waals surface area contributed by atoms with E-state index in [1.807, 2.05) is 4.90 Å². The lowest BCUT2D eigenvalue weighted by atomic mass is 10.1. The molecular formula is C18H36N2. The summed E-state index contributed by atoms with van der Waals surface area (Å²) in [5, 5.41) is 6.25. The van der Waals surface area contributed by atoms with Gasteiger partial charge in [0.2, 0.25) is 0 Å². The van der Waals surface area contributed by atoms with Gasteiger partial charge in [0.15, 0.2) is 0 Å². The normalized spacial score (nSPS) is 21.4. The first kappa shape index (κ1) is 19.4. The molecule has 2 heteroatoms. The first-order valence-corrected chi connectivity index (χ1v) is 8.95. The van der Waals surface area contributed by atoms with Gasteiger partial charge in [-0.25, -0.2) is 0 Å². The molecule has 2 unspecified atom stereocenters. The van der Waals surface area contributed by atoms with Crippen LogP contribution in [-0.2, 0) is 0 Å². The number of hydrogen-bond acceptors (Lipinski definition) is 1. The number of quaternary nitrogens is 1. The molecule has 0 radical (unpaired) electrons. The SMILES string of the molecule is CCCCCCCCCC[NH+]1CCCC1CCC.[C-]#N. The second-order valence-electron chi connectivity index (χ2n) is 6.26. The van der Waals surface area contributed by atoms with Crippen molar-refractivity contribution in [1.29, 1.82) is 5.26 Å². The molecule has 1 heterocycles. The Labute approximate surface area is 127 Å². The largest absolute Gasteiger partial charge is 0.512 e. The van der Waals surface area contributed by atoms with Crippen LogP contribution in [0.3, 0.4) is 0 Å². The van der Waals surface area contributed by atoms with Gasteiger partial charge in [0.1, 0.15) is 0 Å². The fourth-order valence-corrected chi connectivity index (χ4v) is 3.50. The van der Waals surface area contributed by atoms with Gasteiger partial charge in [-0.2, -0.15) is 0 Å². The first-order valence-electron chi connectivity index (χ1n) is 8.95. The zero-order chi connectivity index (χ0) is 15.1. The van der Waals surface area contributed by atoms with Gasteiger partial charge in [0, 0.05) is 12.8 Å². The Morgan fingerprint density at radius 1 is 0.900 bits per heavy atom. The van der Waals surface area contributed by atoms with E-state index in [4.69, 9.17) is 11.8 Å². The topological polar surface area (TPSA) is 28.2 Å². The van der Waals surface area contributed by atoms with Crippen LogP contribution in [0.1, 0.15) is 90.9 Å². The molecule has 1 aliphatic rings.